The van der Waals surface area contributed by atoms with E-state index in [1.54, 1.807) is 12.4 Å². The Morgan fingerprint density at radius 2 is 2.16 bits per heavy atom. The molecule has 2 aromatic heterocycles. The van der Waals surface area contributed by atoms with Crippen molar-refractivity contribution in [2.45, 2.75) is 38.5 Å². The van der Waals surface area contributed by atoms with E-state index in [2.05, 4.69) is 33.3 Å². The largest absolute Gasteiger partial charge is 0.370 e. The van der Waals surface area contributed by atoms with Crippen LogP contribution in [0, 0.1) is 0 Å². The second-order valence-electron chi connectivity index (χ2n) is 4.95. The molecular weight excluding hydrogens is 238 g/mol. The highest BCUT2D eigenvalue weighted by atomic mass is 15.1. The van der Waals surface area contributed by atoms with Crippen LogP contribution in [0.3, 0.4) is 0 Å². The standard InChI is InChI=1S/C14H19N5/c1-2-15-12-9-11(10-5-3-4-6-10)18-14(19-12)13-16-7-8-17-13/h7-10H,2-6H2,1H3,(H,16,17)(H,15,18,19). The smallest absolute Gasteiger partial charge is 0.197 e. The first-order valence-corrected chi connectivity index (χ1v) is 6.99. The Balaban J connectivity index is 1.98. The molecule has 19 heavy (non-hydrogen) atoms. The average molecular weight is 257 g/mol. The zero-order valence-electron chi connectivity index (χ0n) is 11.2. The maximum absolute atomic E-state index is 4.70. The van der Waals surface area contributed by atoms with Crippen LogP contribution in [0.5, 0.6) is 0 Å². The van der Waals surface area contributed by atoms with Crippen LogP contribution < -0.4 is 5.32 Å². The van der Waals surface area contributed by atoms with Crippen LogP contribution in [0.1, 0.15) is 44.2 Å². The van der Waals surface area contributed by atoms with Gasteiger partial charge in [0.15, 0.2) is 11.6 Å². The zero-order valence-corrected chi connectivity index (χ0v) is 11.2. The summed E-state index contributed by atoms with van der Waals surface area (Å²) in [6.45, 7) is 2.93. The molecule has 2 N–H and O–H groups in total. The molecule has 0 bridgehead atoms. The lowest BCUT2D eigenvalue weighted by molar-refractivity contribution is 0.695. The normalized spacial score (nSPS) is 15.8. The van der Waals surface area contributed by atoms with Crippen LogP contribution in [0.4, 0.5) is 5.82 Å². The third-order valence-electron chi connectivity index (χ3n) is 3.59. The SMILES string of the molecule is CCNc1cc(C2CCCC2)nc(-c2ncc[nH]2)n1. The lowest BCUT2D eigenvalue weighted by Crippen LogP contribution is -2.06. The molecular formula is C14H19N5. The Morgan fingerprint density at radius 1 is 1.32 bits per heavy atom. The molecule has 0 unspecified atom stereocenters. The molecule has 3 rings (SSSR count). The maximum Gasteiger partial charge on any atom is 0.197 e. The average Bonchev–Trinajstić information content (AvgIpc) is 3.12. The number of aromatic amines is 1. The summed E-state index contributed by atoms with van der Waals surface area (Å²) in [5.74, 6) is 2.89. The van der Waals surface area contributed by atoms with Crippen molar-refractivity contribution >= 4 is 5.82 Å². The fourth-order valence-corrected chi connectivity index (χ4v) is 2.66. The number of hydrogen-bond donors (Lipinski definition) is 2. The molecule has 1 aliphatic carbocycles. The molecule has 0 radical (unpaired) electrons. The number of nitrogens with one attached hydrogen (secondary N) is 2. The van der Waals surface area contributed by atoms with E-state index < -0.39 is 0 Å². The number of nitrogens with zero attached hydrogens (tertiary/aromatic N) is 3. The molecule has 2 aromatic rings. The van der Waals surface area contributed by atoms with Crippen LogP contribution >= 0.6 is 0 Å². The van der Waals surface area contributed by atoms with Gasteiger partial charge < -0.3 is 10.3 Å². The van der Waals surface area contributed by atoms with Crippen molar-refractivity contribution in [2.24, 2.45) is 0 Å². The first kappa shape index (κ1) is 12.1. The van der Waals surface area contributed by atoms with E-state index in [0.717, 1.165) is 23.9 Å². The Labute approximate surface area is 112 Å². The van der Waals surface area contributed by atoms with E-state index in [1.807, 2.05) is 0 Å². The third kappa shape index (κ3) is 2.59. The Hall–Kier alpha value is -1.91. The van der Waals surface area contributed by atoms with Crippen molar-refractivity contribution in [3.63, 3.8) is 0 Å². The molecule has 1 saturated carbocycles. The topological polar surface area (TPSA) is 66.5 Å². The van der Waals surface area contributed by atoms with Gasteiger partial charge in [0.25, 0.3) is 0 Å². The van der Waals surface area contributed by atoms with Gasteiger partial charge in [-0.1, -0.05) is 12.8 Å². The first-order valence-electron chi connectivity index (χ1n) is 6.99. The molecule has 0 amide bonds. The Bertz CT molecular complexity index is 529. The van der Waals surface area contributed by atoms with Gasteiger partial charge in [-0.2, -0.15) is 0 Å². The van der Waals surface area contributed by atoms with Crippen molar-refractivity contribution in [1.82, 2.24) is 19.9 Å². The highest BCUT2D eigenvalue weighted by molar-refractivity contribution is 5.49. The van der Waals surface area contributed by atoms with E-state index in [0.29, 0.717) is 11.7 Å². The summed E-state index contributed by atoms with van der Waals surface area (Å²) in [5, 5.41) is 3.28. The van der Waals surface area contributed by atoms with Gasteiger partial charge in [-0.05, 0) is 19.8 Å². The van der Waals surface area contributed by atoms with Crippen LogP contribution in [0.2, 0.25) is 0 Å². The predicted octanol–water partition coefficient (Wildman–Crippen LogP) is 2.96. The number of anilines is 1. The van der Waals surface area contributed by atoms with Gasteiger partial charge in [0.2, 0.25) is 0 Å². The van der Waals surface area contributed by atoms with Gasteiger partial charge in [0.05, 0.1) is 0 Å². The summed E-state index contributed by atoms with van der Waals surface area (Å²) in [6.07, 6.45) is 8.62. The molecule has 2 heterocycles. The summed E-state index contributed by atoms with van der Waals surface area (Å²) in [5.41, 5.74) is 1.15. The summed E-state index contributed by atoms with van der Waals surface area (Å²) < 4.78 is 0. The van der Waals surface area contributed by atoms with E-state index in [-0.39, 0.29) is 0 Å². The van der Waals surface area contributed by atoms with Crippen molar-refractivity contribution in [2.75, 3.05) is 11.9 Å². The van der Waals surface area contributed by atoms with E-state index in [1.165, 1.54) is 25.7 Å². The minimum absolute atomic E-state index is 0.578. The number of imidazole rings is 1. The summed E-state index contributed by atoms with van der Waals surface area (Å²) >= 11 is 0. The van der Waals surface area contributed by atoms with Crippen molar-refractivity contribution in [3.8, 4) is 11.6 Å². The molecule has 0 aliphatic heterocycles. The number of rotatable bonds is 4. The number of hydrogen-bond acceptors (Lipinski definition) is 4. The summed E-state index contributed by atoms with van der Waals surface area (Å²) in [7, 11) is 0. The van der Waals surface area contributed by atoms with Crippen molar-refractivity contribution in [3.05, 3.63) is 24.2 Å². The van der Waals surface area contributed by atoms with E-state index in [9.17, 15) is 0 Å². The van der Waals surface area contributed by atoms with Crippen LogP contribution in [0.15, 0.2) is 18.5 Å². The molecule has 0 atom stereocenters. The predicted molar refractivity (Wildman–Crippen MR) is 75.0 cm³/mol. The summed E-state index contributed by atoms with van der Waals surface area (Å²) in [4.78, 5) is 16.5. The molecule has 100 valence electrons. The molecule has 0 spiro atoms. The first-order chi connectivity index (χ1) is 9.36. The lowest BCUT2D eigenvalue weighted by atomic mass is 10.0. The van der Waals surface area contributed by atoms with Crippen LogP contribution in [-0.4, -0.2) is 26.5 Å². The Kier molecular flexibility index (Phi) is 3.44. The lowest BCUT2D eigenvalue weighted by Gasteiger charge is -2.12. The zero-order chi connectivity index (χ0) is 13.1. The molecule has 1 aliphatic rings. The molecule has 1 fully saturated rings. The van der Waals surface area contributed by atoms with Gasteiger partial charge in [-0.3, -0.25) is 0 Å². The highest BCUT2D eigenvalue weighted by Crippen LogP contribution is 2.34. The molecule has 0 aromatic carbocycles. The number of H-pyrrole nitrogens is 1. The maximum atomic E-state index is 4.70. The van der Waals surface area contributed by atoms with Crippen LogP contribution in [0.25, 0.3) is 11.6 Å². The quantitative estimate of drug-likeness (QED) is 0.883. The monoisotopic (exact) mass is 257 g/mol. The Morgan fingerprint density at radius 3 is 2.84 bits per heavy atom. The molecule has 0 saturated heterocycles. The van der Waals surface area contributed by atoms with E-state index in [4.69, 9.17) is 4.98 Å². The van der Waals surface area contributed by atoms with Crippen LogP contribution in [-0.2, 0) is 0 Å². The van der Waals surface area contributed by atoms with Gasteiger partial charge in [0.1, 0.15) is 5.82 Å². The summed E-state index contributed by atoms with van der Waals surface area (Å²) in [6, 6.07) is 2.09. The fourth-order valence-electron chi connectivity index (χ4n) is 2.66. The minimum Gasteiger partial charge on any atom is -0.370 e. The van der Waals surface area contributed by atoms with Crippen molar-refractivity contribution in [1.29, 1.82) is 0 Å². The molecule has 5 heteroatoms. The van der Waals surface area contributed by atoms with Crippen molar-refractivity contribution < 1.29 is 0 Å². The van der Waals surface area contributed by atoms with Gasteiger partial charge in [0, 0.05) is 36.6 Å². The number of aromatic nitrogens is 4. The minimum atomic E-state index is 0.578. The van der Waals surface area contributed by atoms with Gasteiger partial charge >= 0.3 is 0 Å². The second-order valence-corrected chi connectivity index (χ2v) is 4.95. The molecule has 5 nitrogen and oxygen atoms in total. The highest BCUT2D eigenvalue weighted by Gasteiger charge is 2.20. The second kappa shape index (κ2) is 5.38. The van der Waals surface area contributed by atoms with Gasteiger partial charge in [-0.25, -0.2) is 15.0 Å². The van der Waals surface area contributed by atoms with E-state index >= 15 is 0 Å². The van der Waals surface area contributed by atoms with Gasteiger partial charge in [-0.15, -0.1) is 0 Å². The third-order valence-corrected chi connectivity index (χ3v) is 3.59. The fraction of sp³-hybridized carbons (Fsp3) is 0.500.